The zero-order valence-corrected chi connectivity index (χ0v) is 15.3. The fourth-order valence-corrected chi connectivity index (χ4v) is 3.66. The maximum Gasteiger partial charge on any atom is 0.334 e. The third kappa shape index (κ3) is 3.44. The van der Waals surface area contributed by atoms with Gasteiger partial charge in [-0.1, -0.05) is 12.1 Å². The van der Waals surface area contributed by atoms with Crippen molar-refractivity contribution >= 4 is 23.5 Å². The van der Waals surface area contributed by atoms with Gasteiger partial charge >= 0.3 is 5.97 Å². The smallest absolute Gasteiger partial charge is 0.334 e. The lowest BCUT2D eigenvalue weighted by molar-refractivity contribution is -0.167. The SMILES string of the molecule is Cc1cccc(N2CC(C(=O)N3CC(C(=O)O)O[C@H](C)C3)CC2=O)c1C. The number of aliphatic carboxylic acids is 1. The summed E-state index contributed by atoms with van der Waals surface area (Å²) in [6.45, 7) is 6.39. The van der Waals surface area contributed by atoms with Crippen molar-refractivity contribution in [1.82, 2.24) is 4.90 Å². The number of carbonyl (C=O) groups excluding carboxylic acids is 2. The summed E-state index contributed by atoms with van der Waals surface area (Å²) in [6, 6.07) is 5.79. The number of benzene rings is 1. The van der Waals surface area contributed by atoms with E-state index in [0.29, 0.717) is 13.1 Å². The second kappa shape index (κ2) is 7.07. The molecule has 0 aliphatic carbocycles. The fourth-order valence-electron chi connectivity index (χ4n) is 3.66. The first kappa shape index (κ1) is 18.4. The molecule has 0 aromatic heterocycles. The van der Waals surface area contributed by atoms with Gasteiger partial charge in [-0.2, -0.15) is 0 Å². The standard InChI is InChI=1S/C19H24N2O5/c1-11-5-4-6-15(13(11)3)21-9-14(7-17(21)22)18(23)20-8-12(2)26-16(10-20)19(24)25/h4-6,12,14,16H,7-10H2,1-3H3,(H,24,25)/t12-,14?,16?/m1/s1. The average molecular weight is 360 g/mol. The lowest BCUT2D eigenvalue weighted by Crippen LogP contribution is -2.53. The zero-order valence-electron chi connectivity index (χ0n) is 15.3. The third-order valence-corrected chi connectivity index (χ3v) is 5.19. The Hall–Kier alpha value is -2.41. The molecule has 2 aliphatic rings. The predicted molar refractivity (Wildman–Crippen MR) is 94.9 cm³/mol. The monoisotopic (exact) mass is 360 g/mol. The van der Waals surface area contributed by atoms with E-state index in [2.05, 4.69) is 0 Å². The number of nitrogens with zero attached hydrogens (tertiary/aromatic N) is 2. The maximum atomic E-state index is 12.9. The molecule has 7 nitrogen and oxygen atoms in total. The van der Waals surface area contributed by atoms with Crippen LogP contribution in [0.5, 0.6) is 0 Å². The predicted octanol–water partition coefficient (Wildman–Crippen LogP) is 1.36. The van der Waals surface area contributed by atoms with Crippen molar-refractivity contribution in [3.05, 3.63) is 29.3 Å². The number of carboxylic acids is 1. The Bertz CT molecular complexity index is 747. The van der Waals surface area contributed by atoms with Crippen LogP contribution in [-0.2, 0) is 19.1 Å². The van der Waals surface area contributed by atoms with Gasteiger partial charge in [-0.05, 0) is 38.0 Å². The zero-order chi connectivity index (χ0) is 19.0. The lowest BCUT2D eigenvalue weighted by Gasteiger charge is -2.36. The molecule has 2 amide bonds. The minimum Gasteiger partial charge on any atom is -0.479 e. The molecule has 1 aromatic carbocycles. The number of anilines is 1. The summed E-state index contributed by atoms with van der Waals surface area (Å²) in [7, 11) is 0. The summed E-state index contributed by atoms with van der Waals surface area (Å²) in [5, 5.41) is 9.18. The minimum absolute atomic E-state index is 0.0205. The molecule has 7 heteroatoms. The number of rotatable bonds is 3. The molecule has 0 spiro atoms. The van der Waals surface area contributed by atoms with Crippen molar-refractivity contribution in [1.29, 1.82) is 0 Å². The first-order valence-corrected chi connectivity index (χ1v) is 8.81. The molecule has 26 heavy (non-hydrogen) atoms. The normalized spacial score (nSPS) is 26.3. The second-order valence-electron chi connectivity index (χ2n) is 7.14. The van der Waals surface area contributed by atoms with Crippen LogP contribution in [0.2, 0.25) is 0 Å². The number of morpholine rings is 1. The summed E-state index contributed by atoms with van der Waals surface area (Å²) in [6.07, 6.45) is -1.22. The highest BCUT2D eigenvalue weighted by Crippen LogP contribution is 2.30. The molecule has 2 heterocycles. The molecule has 1 N–H and O–H groups in total. The van der Waals surface area contributed by atoms with Crippen LogP contribution in [0, 0.1) is 19.8 Å². The summed E-state index contributed by atoms with van der Waals surface area (Å²) >= 11 is 0. The van der Waals surface area contributed by atoms with E-state index >= 15 is 0 Å². The number of aryl methyl sites for hydroxylation is 1. The van der Waals surface area contributed by atoms with Crippen LogP contribution in [-0.4, -0.2) is 59.6 Å². The Labute approximate surface area is 152 Å². The van der Waals surface area contributed by atoms with E-state index in [1.807, 2.05) is 32.0 Å². The number of hydrogen-bond acceptors (Lipinski definition) is 4. The second-order valence-corrected chi connectivity index (χ2v) is 7.14. The van der Waals surface area contributed by atoms with Gasteiger partial charge in [-0.3, -0.25) is 9.59 Å². The topological polar surface area (TPSA) is 87.2 Å². The van der Waals surface area contributed by atoms with Crippen LogP contribution in [0.4, 0.5) is 5.69 Å². The van der Waals surface area contributed by atoms with Crippen LogP contribution < -0.4 is 4.90 Å². The van der Waals surface area contributed by atoms with Gasteiger partial charge in [0.25, 0.3) is 0 Å². The van der Waals surface area contributed by atoms with E-state index in [1.54, 1.807) is 11.8 Å². The van der Waals surface area contributed by atoms with Crippen molar-refractivity contribution in [3.8, 4) is 0 Å². The molecule has 2 fully saturated rings. The van der Waals surface area contributed by atoms with E-state index < -0.39 is 18.0 Å². The first-order chi connectivity index (χ1) is 12.3. The van der Waals surface area contributed by atoms with Gasteiger partial charge < -0.3 is 19.6 Å². The summed E-state index contributed by atoms with van der Waals surface area (Å²) in [5.74, 6) is -1.78. The molecule has 2 unspecified atom stereocenters. The molecule has 3 rings (SSSR count). The van der Waals surface area contributed by atoms with Crippen LogP contribution in [0.3, 0.4) is 0 Å². The van der Waals surface area contributed by atoms with Crippen molar-refractivity contribution in [2.45, 2.75) is 39.4 Å². The first-order valence-electron chi connectivity index (χ1n) is 8.81. The molecular weight excluding hydrogens is 336 g/mol. The van der Waals surface area contributed by atoms with Crippen LogP contribution in [0.15, 0.2) is 18.2 Å². The Kier molecular flexibility index (Phi) is 5.00. The van der Waals surface area contributed by atoms with Crippen molar-refractivity contribution < 1.29 is 24.2 Å². The highest BCUT2D eigenvalue weighted by molar-refractivity contribution is 6.01. The fraction of sp³-hybridized carbons (Fsp3) is 0.526. The number of ether oxygens (including phenoxy) is 1. The molecule has 1 aromatic rings. The Morgan fingerprint density at radius 2 is 1.92 bits per heavy atom. The van der Waals surface area contributed by atoms with Crippen molar-refractivity contribution in [2.75, 3.05) is 24.5 Å². The van der Waals surface area contributed by atoms with Gasteiger partial charge in [-0.15, -0.1) is 0 Å². The van der Waals surface area contributed by atoms with E-state index in [9.17, 15) is 19.5 Å². The van der Waals surface area contributed by atoms with Crippen LogP contribution in [0.25, 0.3) is 0 Å². The Morgan fingerprint density at radius 3 is 2.62 bits per heavy atom. The summed E-state index contributed by atoms with van der Waals surface area (Å²) < 4.78 is 5.36. The van der Waals surface area contributed by atoms with Gasteiger partial charge in [0.15, 0.2) is 6.10 Å². The molecule has 0 saturated carbocycles. The number of carboxylic acid groups (broad SMARTS) is 1. The molecule has 2 saturated heterocycles. The van der Waals surface area contributed by atoms with E-state index in [0.717, 1.165) is 16.8 Å². The third-order valence-electron chi connectivity index (χ3n) is 5.19. The Morgan fingerprint density at radius 1 is 1.19 bits per heavy atom. The molecule has 140 valence electrons. The van der Waals surface area contributed by atoms with Crippen molar-refractivity contribution in [2.24, 2.45) is 5.92 Å². The number of amides is 2. The molecular formula is C19H24N2O5. The lowest BCUT2D eigenvalue weighted by atomic mass is 10.1. The van der Waals surface area contributed by atoms with Crippen LogP contribution in [0.1, 0.15) is 24.5 Å². The van der Waals surface area contributed by atoms with Gasteiger partial charge in [0.1, 0.15) is 0 Å². The molecule has 2 aliphatic heterocycles. The van der Waals surface area contributed by atoms with E-state index in [1.165, 1.54) is 4.90 Å². The minimum atomic E-state index is -1.08. The van der Waals surface area contributed by atoms with Gasteiger partial charge in [0.2, 0.25) is 11.8 Å². The van der Waals surface area contributed by atoms with Crippen molar-refractivity contribution in [3.63, 3.8) is 0 Å². The van der Waals surface area contributed by atoms with Gasteiger partial charge in [-0.25, -0.2) is 4.79 Å². The molecule has 0 bridgehead atoms. The number of hydrogen-bond donors (Lipinski definition) is 1. The summed E-state index contributed by atoms with van der Waals surface area (Å²) in [5.41, 5.74) is 2.96. The van der Waals surface area contributed by atoms with E-state index in [4.69, 9.17) is 4.74 Å². The van der Waals surface area contributed by atoms with E-state index in [-0.39, 0.29) is 30.9 Å². The quantitative estimate of drug-likeness (QED) is 0.879. The molecule has 3 atom stereocenters. The van der Waals surface area contributed by atoms with Gasteiger partial charge in [0, 0.05) is 25.2 Å². The average Bonchev–Trinajstić information content (AvgIpc) is 2.97. The molecule has 0 radical (unpaired) electrons. The highest BCUT2D eigenvalue weighted by Gasteiger charge is 2.40. The largest absolute Gasteiger partial charge is 0.479 e. The number of carbonyl (C=O) groups is 3. The maximum absolute atomic E-state index is 12.9. The van der Waals surface area contributed by atoms with Gasteiger partial charge in [0.05, 0.1) is 18.6 Å². The highest BCUT2D eigenvalue weighted by atomic mass is 16.5. The summed E-state index contributed by atoms with van der Waals surface area (Å²) in [4.78, 5) is 39.8. The Balaban J connectivity index is 1.75. The van der Waals surface area contributed by atoms with Crippen LogP contribution >= 0.6 is 0 Å².